The zero-order chi connectivity index (χ0) is 25.7. The Balaban J connectivity index is 1.67. The first-order valence-corrected chi connectivity index (χ1v) is 11.3. The van der Waals surface area contributed by atoms with Crippen molar-refractivity contribution < 1.29 is 28.6 Å². The Bertz CT molecular complexity index is 1320. The second kappa shape index (κ2) is 10.7. The maximum absolute atomic E-state index is 12.9. The number of esters is 3. The van der Waals surface area contributed by atoms with Gasteiger partial charge in [0.05, 0.1) is 16.7 Å². The van der Waals surface area contributed by atoms with Crippen LogP contribution in [-0.2, 0) is 0 Å². The molecule has 0 unspecified atom stereocenters. The van der Waals surface area contributed by atoms with Crippen LogP contribution in [0.25, 0.3) is 0 Å². The SMILES string of the molecule is Cc1ccc(C(=O)Oc2cccc(OC(=O)c3ccc(C)cc3)c2OC(=O)c2ccc(C)cc2)cc1. The standard InChI is InChI=1S/C30H24O6/c1-19-7-13-22(14-8-19)28(31)34-25-5-4-6-26(35-29(32)23-15-9-20(2)10-16-23)27(25)36-30(33)24-17-11-21(3)12-18-24/h4-18H,1-3H3. The predicted octanol–water partition coefficient (Wildman–Crippen LogP) is 6.27. The molecule has 4 rings (SSSR count). The van der Waals surface area contributed by atoms with Crippen molar-refractivity contribution in [3.05, 3.63) is 124 Å². The van der Waals surface area contributed by atoms with Gasteiger partial charge in [-0.25, -0.2) is 14.4 Å². The van der Waals surface area contributed by atoms with Crippen molar-refractivity contribution in [1.29, 1.82) is 0 Å². The number of ether oxygens (including phenoxy) is 3. The van der Waals surface area contributed by atoms with Crippen molar-refractivity contribution >= 4 is 17.9 Å². The van der Waals surface area contributed by atoms with E-state index >= 15 is 0 Å². The van der Waals surface area contributed by atoms with Crippen LogP contribution in [0.5, 0.6) is 17.2 Å². The summed E-state index contributed by atoms with van der Waals surface area (Å²) >= 11 is 0. The summed E-state index contributed by atoms with van der Waals surface area (Å²) in [7, 11) is 0. The van der Waals surface area contributed by atoms with Crippen molar-refractivity contribution in [1.82, 2.24) is 0 Å². The van der Waals surface area contributed by atoms with Gasteiger partial charge in [0.25, 0.3) is 0 Å². The van der Waals surface area contributed by atoms with Gasteiger partial charge in [0.15, 0.2) is 11.5 Å². The van der Waals surface area contributed by atoms with E-state index in [1.807, 2.05) is 20.8 Å². The lowest BCUT2D eigenvalue weighted by Gasteiger charge is -2.15. The quantitative estimate of drug-likeness (QED) is 0.239. The normalized spacial score (nSPS) is 10.4. The molecule has 0 bridgehead atoms. The van der Waals surface area contributed by atoms with Crippen LogP contribution in [0.1, 0.15) is 47.8 Å². The van der Waals surface area contributed by atoms with Crippen molar-refractivity contribution in [3.8, 4) is 17.2 Å². The average Bonchev–Trinajstić information content (AvgIpc) is 2.87. The fraction of sp³-hybridized carbons (Fsp3) is 0.100. The first kappa shape index (κ1) is 24.4. The Hall–Kier alpha value is -4.71. The van der Waals surface area contributed by atoms with Crippen molar-refractivity contribution in [2.24, 2.45) is 0 Å². The molecule has 0 radical (unpaired) electrons. The van der Waals surface area contributed by atoms with Gasteiger partial charge in [-0.05, 0) is 69.3 Å². The molecule has 6 heteroatoms. The fourth-order valence-electron chi connectivity index (χ4n) is 3.30. The molecule has 4 aromatic rings. The highest BCUT2D eigenvalue weighted by atomic mass is 16.6. The third-order valence-corrected chi connectivity index (χ3v) is 5.40. The van der Waals surface area contributed by atoms with E-state index in [0.29, 0.717) is 11.1 Å². The van der Waals surface area contributed by atoms with Crippen LogP contribution in [0.2, 0.25) is 0 Å². The molecule has 36 heavy (non-hydrogen) atoms. The van der Waals surface area contributed by atoms with Gasteiger partial charge in [-0.1, -0.05) is 59.2 Å². The third kappa shape index (κ3) is 5.85. The Labute approximate surface area is 209 Å². The van der Waals surface area contributed by atoms with Gasteiger partial charge in [-0.2, -0.15) is 0 Å². The Morgan fingerprint density at radius 2 is 0.750 bits per heavy atom. The van der Waals surface area contributed by atoms with Crippen molar-refractivity contribution in [3.63, 3.8) is 0 Å². The minimum atomic E-state index is -0.693. The zero-order valence-electron chi connectivity index (χ0n) is 20.1. The molecule has 0 aliphatic rings. The molecule has 0 fully saturated rings. The number of benzene rings is 4. The molecule has 0 saturated heterocycles. The summed E-state index contributed by atoms with van der Waals surface area (Å²) in [5.41, 5.74) is 3.88. The van der Waals surface area contributed by atoms with Crippen molar-refractivity contribution in [2.45, 2.75) is 20.8 Å². The van der Waals surface area contributed by atoms with E-state index in [1.54, 1.807) is 78.9 Å². The van der Waals surface area contributed by atoms with Gasteiger partial charge < -0.3 is 14.2 Å². The van der Waals surface area contributed by atoms with E-state index < -0.39 is 17.9 Å². The maximum atomic E-state index is 12.9. The van der Waals surface area contributed by atoms with E-state index in [1.165, 1.54) is 12.1 Å². The van der Waals surface area contributed by atoms with E-state index in [2.05, 4.69) is 0 Å². The van der Waals surface area contributed by atoms with Crippen LogP contribution in [0.3, 0.4) is 0 Å². The van der Waals surface area contributed by atoms with E-state index in [4.69, 9.17) is 14.2 Å². The number of rotatable bonds is 6. The topological polar surface area (TPSA) is 78.9 Å². The van der Waals surface area contributed by atoms with Gasteiger partial charge in [0.2, 0.25) is 5.75 Å². The highest BCUT2D eigenvalue weighted by Gasteiger charge is 2.23. The number of aryl methyl sites for hydroxylation is 3. The summed E-state index contributed by atoms with van der Waals surface area (Å²) in [6.45, 7) is 5.71. The molecule has 4 aromatic carbocycles. The number of carbonyl (C=O) groups excluding carboxylic acids is 3. The van der Waals surface area contributed by atoms with Crippen LogP contribution >= 0.6 is 0 Å². The van der Waals surface area contributed by atoms with Gasteiger partial charge in [-0.15, -0.1) is 0 Å². The molecule has 6 nitrogen and oxygen atoms in total. The van der Waals surface area contributed by atoms with Gasteiger partial charge in [-0.3, -0.25) is 0 Å². The first-order chi connectivity index (χ1) is 17.3. The monoisotopic (exact) mass is 480 g/mol. The average molecular weight is 481 g/mol. The highest BCUT2D eigenvalue weighted by molar-refractivity contribution is 5.95. The third-order valence-electron chi connectivity index (χ3n) is 5.40. The Kier molecular flexibility index (Phi) is 7.25. The predicted molar refractivity (Wildman–Crippen MR) is 135 cm³/mol. The fourth-order valence-corrected chi connectivity index (χ4v) is 3.30. The lowest BCUT2D eigenvalue weighted by molar-refractivity contribution is 0.0657. The summed E-state index contributed by atoms with van der Waals surface area (Å²) < 4.78 is 16.7. The molecular weight excluding hydrogens is 456 g/mol. The van der Waals surface area contributed by atoms with Gasteiger partial charge in [0.1, 0.15) is 0 Å². The summed E-state index contributed by atoms with van der Waals surface area (Å²) in [5, 5.41) is 0. The molecule has 0 aliphatic heterocycles. The minimum absolute atomic E-state index is 0.0600. The molecular formula is C30H24O6. The molecule has 180 valence electrons. The summed E-state index contributed by atoms with van der Waals surface area (Å²) in [4.78, 5) is 38.5. The highest BCUT2D eigenvalue weighted by Crippen LogP contribution is 2.38. The largest absolute Gasteiger partial charge is 0.419 e. The summed E-state index contributed by atoms with van der Waals surface area (Å²) in [5.74, 6) is -2.29. The van der Waals surface area contributed by atoms with E-state index in [0.717, 1.165) is 16.7 Å². The van der Waals surface area contributed by atoms with E-state index in [9.17, 15) is 14.4 Å². The molecule has 0 atom stereocenters. The number of hydrogen-bond donors (Lipinski definition) is 0. The number of hydrogen-bond acceptors (Lipinski definition) is 6. The maximum Gasteiger partial charge on any atom is 0.343 e. The van der Waals surface area contributed by atoms with Crippen LogP contribution in [-0.4, -0.2) is 17.9 Å². The molecule has 0 aliphatic carbocycles. The molecule has 0 N–H and O–H groups in total. The van der Waals surface area contributed by atoms with Crippen LogP contribution in [0.15, 0.2) is 91.0 Å². The number of carbonyl (C=O) groups is 3. The summed E-state index contributed by atoms with van der Waals surface area (Å²) in [6, 6.07) is 25.0. The molecule has 0 amide bonds. The second-order valence-electron chi connectivity index (χ2n) is 8.35. The molecule has 0 heterocycles. The molecule has 0 spiro atoms. The van der Waals surface area contributed by atoms with Gasteiger partial charge >= 0.3 is 17.9 Å². The van der Waals surface area contributed by atoms with E-state index in [-0.39, 0.29) is 22.8 Å². The van der Waals surface area contributed by atoms with Crippen LogP contribution in [0.4, 0.5) is 0 Å². The second-order valence-corrected chi connectivity index (χ2v) is 8.35. The smallest absolute Gasteiger partial charge is 0.343 e. The first-order valence-electron chi connectivity index (χ1n) is 11.3. The summed E-state index contributed by atoms with van der Waals surface area (Å²) in [6.07, 6.45) is 0. The lowest BCUT2D eigenvalue weighted by atomic mass is 10.1. The molecule has 0 saturated carbocycles. The van der Waals surface area contributed by atoms with Crippen molar-refractivity contribution in [2.75, 3.05) is 0 Å². The van der Waals surface area contributed by atoms with Crippen LogP contribution in [0, 0.1) is 20.8 Å². The zero-order valence-corrected chi connectivity index (χ0v) is 20.1. The van der Waals surface area contributed by atoms with Crippen LogP contribution < -0.4 is 14.2 Å². The Morgan fingerprint density at radius 1 is 0.444 bits per heavy atom. The molecule has 0 aromatic heterocycles. The number of para-hydroxylation sites is 1. The Morgan fingerprint density at radius 3 is 1.08 bits per heavy atom. The lowest BCUT2D eigenvalue weighted by Crippen LogP contribution is -2.15. The van der Waals surface area contributed by atoms with Gasteiger partial charge in [0, 0.05) is 0 Å². The minimum Gasteiger partial charge on any atom is -0.419 e.